The second kappa shape index (κ2) is 6.44. The first-order chi connectivity index (χ1) is 11.1. The molecule has 2 nitrogen and oxygen atoms in total. The molecule has 0 bridgehead atoms. The molecule has 0 unspecified atom stereocenters. The minimum absolute atomic E-state index is 0.185. The molecule has 0 N–H and O–H groups in total. The molecule has 1 amide bonds. The van der Waals surface area contributed by atoms with Gasteiger partial charge in [-0.05, 0) is 66.3 Å². The molecular weight excluding hydrogens is 309 g/mol. The Balaban J connectivity index is 1.86. The highest BCUT2D eigenvalue weighted by Gasteiger charge is 2.53. The van der Waals surface area contributed by atoms with Gasteiger partial charge in [-0.1, -0.05) is 19.1 Å². The van der Waals surface area contributed by atoms with Crippen molar-refractivity contribution >= 4 is 17.2 Å². The summed E-state index contributed by atoms with van der Waals surface area (Å²) in [5, 5.41) is 4.14. The van der Waals surface area contributed by atoms with E-state index < -0.39 is 5.41 Å². The molecule has 1 saturated carbocycles. The summed E-state index contributed by atoms with van der Waals surface area (Å²) in [5.41, 5.74) is 1.69. The lowest BCUT2D eigenvalue weighted by Gasteiger charge is -2.32. The van der Waals surface area contributed by atoms with Crippen LogP contribution < -0.4 is 0 Å². The van der Waals surface area contributed by atoms with Gasteiger partial charge in [-0.25, -0.2) is 4.39 Å². The van der Waals surface area contributed by atoms with Crippen molar-refractivity contribution in [2.24, 2.45) is 0 Å². The zero-order chi connectivity index (χ0) is 16.4. The first kappa shape index (κ1) is 16.2. The molecule has 1 aromatic carbocycles. The van der Waals surface area contributed by atoms with E-state index in [4.69, 9.17) is 0 Å². The van der Waals surface area contributed by atoms with Crippen molar-refractivity contribution in [1.29, 1.82) is 0 Å². The van der Waals surface area contributed by atoms with Gasteiger partial charge in [0.1, 0.15) is 5.82 Å². The Kier molecular flexibility index (Phi) is 4.53. The van der Waals surface area contributed by atoms with Crippen LogP contribution in [0.2, 0.25) is 0 Å². The van der Waals surface area contributed by atoms with Gasteiger partial charge in [0.2, 0.25) is 5.91 Å². The number of thiophene rings is 1. The molecule has 23 heavy (non-hydrogen) atoms. The number of amides is 1. The first-order valence-corrected chi connectivity index (χ1v) is 9.09. The molecule has 3 rings (SSSR count). The Morgan fingerprint density at radius 3 is 2.52 bits per heavy atom. The summed E-state index contributed by atoms with van der Waals surface area (Å²) >= 11 is 1.65. The van der Waals surface area contributed by atoms with Crippen LogP contribution in [0.15, 0.2) is 41.1 Å². The SMILES string of the molecule is CC[C@H](C)N(Cc1ccsc1)C(=O)C1(c2ccc(F)cc2)CC1. The van der Waals surface area contributed by atoms with Crippen LogP contribution in [0, 0.1) is 5.82 Å². The minimum atomic E-state index is -0.437. The van der Waals surface area contributed by atoms with Crippen LogP contribution in [0.4, 0.5) is 4.39 Å². The van der Waals surface area contributed by atoms with E-state index in [0.29, 0.717) is 6.54 Å². The summed E-state index contributed by atoms with van der Waals surface area (Å²) in [5.74, 6) is -0.0706. The molecule has 0 saturated heterocycles. The number of carbonyl (C=O) groups excluding carboxylic acids is 1. The zero-order valence-corrected chi connectivity index (χ0v) is 14.4. The Hall–Kier alpha value is -1.68. The third-order valence-electron chi connectivity index (χ3n) is 4.87. The maximum atomic E-state index is 13.3. The highest BCUT2D eigenvalue weighted by Crippen LogP contribution is 2.50. The van der Waals surface area contributed by atoms with Crippen molar-refractivity contribution < 1.29 is 9.18 Å². The van der Waals surface area contributed by atoms with E-state index in [0.717, 1.165) is 24.8 Å². The van der Waals surface area contributed by atoms with Gasteiger partial charge < -0.3 is 4.90 Å². The lowest BCUT2D eigenvalue weighted by Crippen LogP contribution is -2.43. The van der Waals surface area contributed by atoms with Crippen molar-refractivity contribution in [3.63, 3.8) is 0 Å². The topological polar surface area (TPSA) is 20.3 Å². The lowest BCUT2D eigenvalue weighted by molar-refractivity contribution is -0.136. The van der Waals surface area contributed by atoms with Crippen molar-refractivity contribution in [3.05, 3.63) is 58.0 Å². The highest BCUT2D eigenvalue weighted by molar-refractivity contribution is 7.07. The number of nitrogens with zero attached hydrogens (tertiary/aromatic N) is 1. The normalized spacial score (nSPS) is 16.8. The summed E-state index contributed by atoms with van der Waals surface area (Å²) < 4.78 is 13.2. The van der Waals surface area contributed by atoms with Gasteiger partial charge in [0.15, 0.2) is 0 Å². The van der Waals surface area contributed by atoms with Crippen molar-refractivity contribution in [1.82, 2.24) is 4.90 Å². The van der Waals surface area contributed by atoms with E-state index in [2.05, 4.69) is 25.3 Å². The van der Waals surface area contributed by atoms with Gasteiger partial charge in [-0.3, -0.25) is 4.79 Å². The fourth-order valence-corrected chi connectivity index (χ4v) is 3.68. The van der Waals surface area contributed by atoms with Gasteiger partial charge in [0.25, 0.3) is 0 Å². The Morgan fingerprint density at radius 1 is 1.30 bits per heavy atom. The molecule has 1 aliphatic rings. The van der Waals surface area contributed by atoms with Crippen LogP contribution in [0.5, 0.6) is 0 Å². The van der Waals surface area contributed by atoms with Crippen molar-refractivity contribution in [3.8, 4) is 0 Å². The number of hydrogen-bond acceptors (Lipinski definition) is 2. The van der Waals surface area contributed by atoms with Crippen LogP contribution in [0.25, 0.3) is 0 Å². The molecule has 1 aromatic heterocycles. The summed E-state index contributed by atoms with van der Waals surface area (Å²) in [6, 6.07) is 8.70. The van der Waals surface area contributed by atoms with E-state index in [9.17, 15) is 9.18 Å². The third kappa shape index (κ3) is 3.18. The average molecular weight is 331 g/mol. The van der Waals surface area contributed by atoms with Gasteiger partial charge in [0.05, 0.1) is 5.41 Å². The third-order valence-corrected chi connectivity index (χ3v) is 5.61. The number of carbonyl (C=O) groups is 1. The second-order valence-corrected chi connectivity index (χ2v) is 7.19. The summed E-state index contributed by atoms with van der Waals surface area (Å²) in [6.07, 6.45) is 2.64. The fraction of sp³-hybridized carbons (Fsp3) is 0.421. The lowest BCUT2D eigenvalue weighted by atomic mass is 9.93. The van der Waals surface area contributed by atoms with Crippen molar-refractivity contribution in [2.75, 3.05) is 0 Å². The quantitative estimate of drug-likeness (QED) is 0.748. The van der Waals surface area contributed by atoms with Crippen LogP contribution in [0.1, 0.15) is 44.2 Å². The summed E-state index contributed by atoms with van der Waals surface area (Å²) in [6.45, 7) is 4.86. The molecule has 1 aliphatic carbocycles. The van der Waals surface area contributed by atoms with Crippen molar-refractivity contribution in [2.45, 2.75) is 51.1 Å². The highest BCUT2D eigenvalue weighted by atomic mass is 32.1. The molecule has 122 valence electrons. The van der Waals surface area contributed by atoms with E-state index in [1.807, 2.05) is 10.3 Å². The van der Waals surface area contributed by atoms with E-state index in [-0.39, 0.29) is 17.8 Å². The predicted molar refractivity (Wildman–Crippen MR) is 91.9 cm³/mol. The molecule has 1 heterocycles. The Bertz CT molecular complexity index is 661. The van der Waals surface area contributed by atoms with Crippen LogP contribution in [0.3, 0.4) is 0 Å². The number of halogens is 1. The summed E-state index contributed by atoms with van der Waals surface area (Å²) in [7, 11) is 0. The molecule has 1 fully saturated rings. The number of benzene rings is 1. The average Bonchev–Trinajstić information content (AvgIpc) is 3.21. The molecule has 0 aliphatic heterocycles. The molecule has 4 heteroatoms. The van der Waals surface area contributed by atoms with Gasteiger partial charge >= 0.3 is 0 Å². The van der Waals surface area contributed by atoms with E-state index >= 15 is 0 Å². The number of rotatable bonds is 6. The standard InChI is InChI=1S/C19H22FNOS/c1-3-14(2)21(12-15-8-11-23-13-15)18(22)19(9-10-19)16-4-6-17(20)7-5-16/h4-8,11,13-14H,3,9-10,12H2,1-2H3/t14-/m0/s1. The van der Waals surface area contributed by atoms with Gasteiger partial charge in [0, 0.05) is 12.6 Å². The molecule has 1 atom stereocenters. The zero-order valence-electron chi connectivity index (χ0n) is 13.6. The maximum absolute atomic E-state index is 13.3. The fourth-order valence-electron chi connectivity index (χ4n) is 3.02. The summed E-state index contributed by atoms with van der Waals surface area (Å²) in [4.78, 5) is 15.3. The predicted octanol–water partition coefficient (Wildman–Crippen LogP) is 4.75. The molecule has 0 spiro atoms. The Labute approximate surface area is 140 Å². The van der Waals surface area contributed by atoms with Gasteiger partial charge in [-0.15, -0.1) is 0 Å². The van der Waals surface area contributed by atoms with Crippen LogP contribution in [-0.4, -0.2) is 16.8 Å². The van der Waals surface area contributed by atoms with Crippen LogP contribution >= 0.6 is 11.3 Å². The smallest absolute Gasteiger partial charge is 0.233 e. The largest absolute Gasteiger partial charge is 0.335 e. The number of hydrogen-bond donors (Lipinski definition) is 0. The minimum Gasteiger partial charge on any atom is -0.335 e. The van der Waals surface area contributed by atoms with Crippen LogP contribution in [-0.2, 0) is 16.8 Å². The van der Waals surface area contributed by atoms with E-state index in [1.165, 1.54) is 17.7 Å². The Morgan fingerprint density at radius 2 is 2.00 bits per heavy atom. The maximum Gasteiger partial charge on any atom is 0.233 e. The molecule has 2 aromatic rings. The monoisotopic (exact) mass is 331 g/mol. The molecular formula is C19H22FNOS. The van der Waals surface area contributed by atoms with E-state index in [1.54, 1.807) is 23.5 Å². The first-order valence-electron chi connectivity index (χ1n) is 8.15. The second-order valence-electron chi connectivity index (χ2n) is 6.41. The molecule has 0 radical (unpaired) electrons. The van der Waals surface area contributed by atoms with Gasteiger partial charge in [-0.2, -0.15) is 11.3 Å².